The van der Waals surface area contributed by atoms with Gasteiger partial charge in [0.25, 0.3) is 0 Å². The summed E-state index contributed by atoms with van der Waals surface area (Å²) in [5.41, 5.74) is 2.46. The third-order valence-corrected chi connectivity index (χ3v) is 4.11. The van der Waals surface area contributed by atoms with Gasteiger partial charge in [-0.3, -0.25) is 9.59 Å². The van der Waals surface area contributed by atoms with Crippen LogP contribution in [0.2, 0.25) is 0 Å². The van der Waals surface area contributed by atoms with Crippen molar-refractivity contribution in [3.05, 3.63) is 65.0 Å². The van der Waals surface area contributed by atoms with Crippen molar-refractivity contribution in [2.75, 3.05) is 7.11 Å². The number of benzene rings is 2. The van der Waals surface area contributed by atoms with E-state index in [0.29, 0.717) is 45.5 Å². The standard InChI is InChI=1S/C21H19NO6/c1-13-17(12-27-18-7-6-15(11-23)9-19(18)26-2)22-21(28-13)16-5-3-4-14(8-16)10-20(24)25/h3-9,11H,10,12H2,1-2H3,(H,24,25). The van der Waals surface area contributed by atoms with Gasteiger partial charge in [0.2, 0.25) is 5.89 Å². The topological polar surface area (TPSA) is 98.9 Å². The molecule has 7 nitrogen and oxygen atoms in total. The summed E-state index contributed by atoms with van der Waals surface area (Å²) in [7, 11) is 1.50. The number of hydrogen-bond acceptors (Lipinski definition) is 6. The normalized spacial score (nSPS) is 10.5. The largest absolute Gasteiger partial charge is 0.493 e. The molecule has 0 saturated heterocycles. The van der Waals surface area contributed by atoms with Gasteiger partial charge in [-0.1, -0.05) is 12.1 Å². The third-order valence-electron chi connectivity index (χ3n) is 4.11. The van der Waals surface area contributed by atoms with E-state index in [1.807, 2.05) is 6.07 Å². The van der Waals surface area contributed by atoms with Crippen LogP contribution in [0.4, 0.5) is 0 Å². The number of carboxylic acid groups (broad SMARTS) is 1. The quantitative estimate of drug-likeness (QED) is 0.594. The van der Waals surface area contributed by atoms with Crippen molar-refractivity contribution in [3.8, 4) is 23.0 Å². The summed E-state index contributed by atoms with van der Waals surface area (Å²) in [6.07, 6.45) is 0.666. The van der Waals surface area contributed by atoms with Crippen LogP contribution in [-0.2, 0) is 17.8 Å². The molecule has 144 valence electrons. The zero-order valence-corrected chi connectivity index (χ0v) is 15.5. The van der Waals surface area contributed by atoms with Gasteiger partial charge in [-0.2, -0.15) is 0 Å². The van der Waals surface area contributed by atoms with Crippen molar-refractivity contribution in [1.82, 2.24) is 4.98 Å². The Bertz CT molecular complexity index is 1010. The zero-order valence-electron chi connectivity index (χ0n) is 15.5. The van der Waals surface area contributed by atoms with Crippen LogP contribution in [0.5, 0.6) is 11.5 Å². The van der Waals surface area contributed by atoms with Gasteiger partial charge in [-0.05, 0) is 42.8 Å². The summed E-state index contributed by atoms with van der Waals surface area (Å²) in [6.45, 7) is 1.93. The summed E-state index contributed by atoms with van der Waals surface area (Å²) in [6, 6.07) is 12.0. The number of carboxylic acids is 1. The van der Waals surface area contributed by atoms with Crippen molar-refractivity contribution >= 4 is 12.3 Å². The van der Waals surface area contributed by atoms with Crippen molar-refractivity contribution < 1.29 is 28.6 Å². The number of rotatable bonds is 8. The van der Waals surface area contributed by atoms with Crippen LogP contribution in [0.1, 0.15) is 27.4 Å². The fourth-order valence-electron chi connectivity index (χ4n) is 2.70. The summed E-state index contributed by atoms with van der Waals surface area (Å²) < 4.78 is 16.8. The predicted octanol–water partition coefficient (Wildman–Crippen LogP) is 3.68. The maximum absolute atomic E-state index is 10.9. The lowest BCUT2D eigenvalue weighted by Gasteiger charge is -2.10. The van der Waals surface area contributed by atoms with Crippen molar-refractivity contribution in [3.63, 3.8) is 0 Å². The van der Waals surface area contributed by atoms with Crippen LogP contribution >= 0.6 is 0 Å². The monoisotopic (exact) mass is 381 g/mol. The minimum absolute atomic E-state index is 0.0694. The highest BCUT2D eigenvalue weighted by Gasteiger charge is 2.14. The first kappa shape index (κ1) is 19.2. The molecule has 1 N–H and O–H groups in total. The van der Waals surface area contributed by atoms with Crippen LogP contribution in [-0.4, -0.2) is 29.5 Å². The molecular weight excluding hydrogens is 362 g/mol. The molecule has 0 aliphatic heterocycles. The molecule has 0 unspecified atom stereocenters. The number of carbonyl (C=O) groups is 2. The second-order valence-electron chi connectivity index (χ2n) is 6.11. The van der Waals surface area contributed by atoms with Crippen molar-refractivity contribution in [1.29, 1.82) is 0 Å². The molecule has 1 heterocycles. The van der Waals surface area contributed by atoms with Crippen LogP contribution in [0.3, 0.4) is 0 Å². The van der Waals surface area contributed by atoms with Crippen LogP contribution < -0.4 is 9.47 Å². The number of hydrogen-bond donors (Lipinski definition) is 1. The highest BCUT2D eigenvalue weighted by molar-refractivity contribution is 5.76. The Morgan fingerprint density at radius 2 is 2.04 bits per heavy atom. The minimum atomic E-state index is -0.899. The molecule has 0 spiro atoms. The summed E-state index contributed by atoms with van der Waals surface area (Å²) in [5, 5.41) is 8.95. The van der Waals surface area contributed by atoms with E-state index >= 15 is 0 Å². The predicted molar refractivity (Wildman–Crippen MR) is 101 cm³/mol. The molecule has 1 aromatic heterocycles. The summed E-state index contributed by atoms with van der Waals surface area (Å²) >= 11 is 0. The van der Waals surface area contributed by atoms with Gasteiger partial charge in [-0.25, -0.2) is 4.98 Å². The van der Waals surface area contributed by atoms with Crippen LogP contribution in [0, 0.1) is 6.92 Å². The van der Waals surface area contributed by atoms with Gasteiger partial charge in [0.1, 0.15) is 24.3 Å². The molecule has 0 fully saturated rings. The highest BCUT2D eigenvalue weighted by atomic mass is 16.5. The van der Waals surface area contributed by atoms with E-state index in [2.05, 4.69) is 4.98 Å². The smallest absolute Gasteiger partial charge is 0.307 e. The Morgan fingerprint density at radius 3 is 2.75 bits per heavy atom. The Labute approximate surface area is 161 Å². The number of carbonyl (C=O) groups excluding carboxylic acids is 1. The van der Waals surface area contributed by atoms with Gasteiger partial charge < -0.3 is 19.0 Å². The van der Waals surface area contributed by atoms with E-state index in [9.17, 15) is 9.59 Å². The van der Waals surface area contributed by atoms with E-state index < -0.39 is 5.97 Å². The number of aliphatic carboxylic acids is 1. The van der Waals surface area contributed by atoms with E-state index in [1.165, 1.54) is 7.11 Å². The number of ether oxygens (including phenoxy) is 2. The minimum Gasteiger partial charge on any atom is -0.493 e. The van der Waals surface area contributed by atoms with E-state index in [1.54, 1.807) is 43.3 Å². The molecule has 3 aromatic rings. The lowest BCUT2D eigenvalue weighted by atomic mass is 10.1. The number of aryl methyl sites for hydroxylation is 1. The van der Waals surface area contributed by atoms with Gasteiger partial charge in [-0.15, -0.1) is 0 Å². The first-order chi connectivity index (χ1) is 13.5. The van der Waals surface area contributed by atoms with E-state index in [4.69, 9.17) is 19.0 Å². The average molecular weight is 381 g/mol. The molecule has 0 aliphatic carbocycles. The Balaban J connectivity index is 1.78. The Hall–Kier alpha value is -3.61. The maximum Gasteiger partial charge on any atom is 0.307 e. The van der Waals surface area contributed by atoms with Gasteiger partial charge in [0, 0.05) is 11.1 Å². The van der Waals surface area contributed by atoms with Crippen molar-refractivity contribution in [2.45, 2.75) is 20.0 Å². The number of aldehydes is 1. The fraction of sp³-hybridized carbons (Fsp3) is 0.190. The molecule has 3 rings (SSSR count). The zero-order chi connectivity index (χ0) is 20.1. The van der Waals surface area contributed by atoms with Crippen LogP contribution in [0.25, 0.3) is 11.5 Å². The highest BCUT2D eigenvalue weighted by Crippen LogP contribution is 2.29. The first-order valence-electron chi connectivity index (χ1n) is 8.53. The van der Waals surface area contributed by atoms with Gasteiger partial charge in [0.05, 0.1) is 13.5 Å². The van der Waals surface area contributed by atoms with Crippen molar-refractivity contribution in [2.24, 2.45) is 0 Å². The number of nitrogens with zero attached hydrogens (tertiary/aromatic N) is 1. The molecule has 0 bridgehead atoms. The fourth-order valence-corrected chi connectivity index (χ4v) is 2.70. The summed E-state index contributed by atoms with van der Waals surface area (Å²) in [5.74, 6) is 1.03. The molecule has 0 saturated carbocycles. The molecule has 0 radical (unpaired) electrons. The SMILES string of the molecule is COc1cc(C=O)ccc1OCc1nc(-c2cccc(CC(=O)O)c2)oc1C. The van der Waals surface area contributed by atoms with Gasteiger partial charge >= 0.3 is 5.97 Å². The number of aromatic nitrogens is 1. The first-order valence-corrected chi connectivity index (χ1v) is 8.53. The molecule has 2 aromatic carbocycles. The van der Waals surface area contributed by atoms with Gasteiger partial charge in [0.15, 0.2) is 11.5 Å². The lowest BCUT2D eigenvalue weighted by Crippen LogP contribution is -2.00. The van der Waals surface area contributed by atoms with E-state index in [-0.39, 0.29) is 13.0 Å². The molecular formula is C21H19NO6. The Kier molecular flexibility index (Phi) is 5.74. The summed E-state index contributed by atoms with van der Waals surface area (Å²) in [4.78, 5) is 26.2. The molecule has 0 amide bonds. The Morgan fingerprint density at radius 1 is 1.21 bits per heavy atom. The number of methoxy groups -OCH3 is 1. The van der Waals surface area contributed by atoms with Crippen LogP contribution in [0.15, 0.2) is 46.9 Å². The molecule has 0 atom stereocenters. The average Bonchev–Trinajstić information content (AvgIpc) is 3.06. The molecule has 0 aliphatic rings. The second kappa shape index (κ2) is 8.39. The lowest BCUT2D eigenvalue weighted by molar-refractivity contribution is -0.136. The third kappa shape index (κ3) is 4.37. The molecule has 28 heavy (non-hydrogen) atoms. The van der Waals surface area contributed by atoms with E-state index in [0.717, 1.165) is 6.29 Å². The number of oxazole rings is 1. The molecule has 7 heteroatoms. The second-order valence-corrected chi connectivity index (χ2v) is 6.11. The maximum atomic E-state index is 10.9.